The summed E-state index contributed by atoms with van der Waals surface area (Å²) in [5, 5.41) is 9.87. The molecular formula is C21H40O6. The predicted molar refractivity (Wildman–Crippen MR) is 106 cm³/mol. The van der Waals surface area contributed by atoms with Crippen molar-refractivity contribution in [2.45, 2.75) is 90.0 Å². The van der Waals surface area contributed by atoms with Gasteiger partial charge in [0.15, 0.2) is 6.29 Å². The van der Waals surface area contributed by atoms with Gasteiger partial charge in [-0.3, -0.25) is 0 Å². The van der Waals surface area contributed by atoms with E-state index >= 15 is 0 Å². The van der Waals surface area contributed by atoms with E-state index in [0.717, 1.165) is 38.5 Å². The molecule has 27 heavy (non-hydrogen) atoms. The van der Waals surface area contributed by atoms with Gasteiger partial charge < -0.3 is 28.8 Å². The molecule has 0 aliphatic carbocycles. The Hall–Kier alpha value is -0.500. The Labute approximate surface area is 165 Å². The molecule has 0 bridgehead atoms. The second-order valence-electron chi connectivity index (χ2n) is 6.91. The van der Waals surface area contributed by atoms with Gasteiger partial charge in [-0.05, 0) is 19.3 Å². The highest BCUT2D eigenvalue weighted by Crippen LogP contribution is 2.29. The number of aliphatic hydroxyl groups excluding tert-OH is 1. The van der Waals surface area contributed by atoms with Crippen LogP contribution >= 0.6 is 0 Å². The zero-order valence-electron chi connectivity index (χ0n) is 17.4. The molecule has 0 spiro atoms. The fraction of sp³-hybridized carbons (Fsp3) is 0.905. The number of unbranched alkanes of at least 4 members (excludes halogenated alkanes) is 3. The first-order valence-electron chi connectivity index (χ1n) is 10.6. The van der Waals surface area contributed by atoms with Crippen LogP contribution in [0.1, 0.15) is 59.3 Å². The first-order chi connectivity index (χ1) is 13.2. The van der Waals surface area contributed by atoms with E-state index in [4.69, 9.17) is 23.7 Å². The summed E-state index contributed by atoms with van der Waals surface area (Å²) in [6.07, 6.45) is 5.44. The van der Waals surface area contributed by atoms with Crippen molar-refractivity contribution in [3.63, 3.8) is 0 Å². The Morgan fingerprint density at radius 1 is 0.815 bits per heavy atom. The number of hydrogen-bond acceptors (Lipinski definition) is 6. The zero-order valence-corrected chi connectivity index (χ0v) is 17.4. The fourth-order valence-electron chi connectivity index (χ4n) is 2.98. The molecule has 1 fully saturated rings. The number of aliphatic hydroxyl groups is 1. The van der Waals surface area contributed by atoms with Crippen molar-refractivity contribution >= 4 is 0 Å². The highest BCUT2D eigenvalue weighted by molar-refractivity contribution is 4.93. The van der Waals surface area contributed by atoms with Crippen LogP contribution in [-0.2, 0) is 23.7 Å². The van der Waals surface area contributed by atoms with Crippen LogP contribution in [0.4, 0.5) is 0 Å². The molecule has 0 amide bonds. The van der Waals surface area contributed by atoms with Crippen LogP contribution in [0.15, 0.2) is 12.7 Å². The summed E-state index contributed by atoms with van der Waals surface area (Å²) >= 11 is 0. The molecular weight excluding hydrogens is 348 g/mol. The Morgan fingerprint density at radius 3 is 1.81 bits per heavy atom. The molecule has 6 nitrogen and oxygen atoms in total. The molecule has 5 atom stereocenters. The first-order valence-corrected chi connectivity index (χ1v) is 10.6. The Bertz CT molecular complexity index is 365. The van der Waals surface area contributed by atoms with E-state index in [9.17, 15) is 5.11 Å². The second kappa shape index (κ2) is 15.4. The normalized spacial score (nSPS) is 28.4. The number of ether oxygens (including phenoxy) is 5. The van der Waals surface area contributed by atoms with Crippen LogP contribution in [-0.4, -0.2) is 68.8 Å². The fourth-order valence-corrected chi connectivity index (χ4v) is 2.98. The molecule has 1 saturated heterocycles. The summed E-state index contributed by atoms with van der Waals surface area (Å²) in [5.74, 6) is 0. The molecule has 6 heteroatoms. The average Bonchev–Trinajstić information content (AvgIpc) is 2.68. The van der Waals surface area contributed by atoms with Crippen LogP contribution in [0.3, 0.4) is 0 Å². The highest BCUT2D eigenvalue weighted by atomic mass is 16.7. The van der Waals surface area contributed by atoms with Gasteiger partial charge in [-0.25, -0.2) is 0 Å². The van der Waals surface area contributed by atoms with E-state index in [1.54, 1.807) is 6.08 Å². The zero-order chi connectivity index (χ0) is 19.9. The molecule has 0 aromatic carbocycles. The molecule has 0 saturated carbocycles. The van der Waals surface area contributed by atoms with E-state index < -0.39 is 18.5 Å². The van der Waals surface area contributed by atoms with Gasteiger partial charge in [-0.1, -0.05) is 46.1 Å². The van der Waals surface area contributed by atoms with Crippen LogP contribution < -0.4 is 0 Å². The molecule has 160 valence electrons. The Morgan fingerprint density at radius 2 is 1.33 bits per heavy atom. The molecule has 1 N–H and O–H groups in total. The highest BCUT2D eigenvalue weighted by Gasteiger charge is 2.48. The van der Waals surface area contributed by atoms with Crippen LogP contribution in [0, 0.1) is 0 Å². The quantitative estimate of drug-likeness (QED) is 0.323. The lowest BCUT2D eigenvalue weighted by molar-refractivity contribution is -0.320. The molecule has 1 aliphatic rings. The van der Waals surface area contributed by atoms with Crippen molar-refractivity contribution in [1.29, 1.82) is 0 Å². The van der Waals surface area contributed by atoms with Gasteiger partial charge in [0.05, 0.1) is 13.2 Å². The van der Waals surface area contributed by atoms with Crippen molar-refractivity contribution in [2.75, 3.05) is 33.0 Å². The van der Waals surface area contributed by atoms with E-state index in [1.807, 2.05) is 0 Å². The maximum atomic E-state index is 9.87. The van der Waals surface area contributed by atoms with Gasteiger partial charge in [0, 0.05) is 19.8 Å². The number of rotatable bonds is 16. The summed E-state index contributed by atoms with van der Waals surface area (Å²) in [6.45, 7) is 12.1. The Balaban J connectivity index is 2.96. The third kappa shape index (κ3) is 8.59. The molecule has 1 aliphatic heterocycles. The largest absolute Gasteiger partial charge is 0.394 e. The molecule has 1 rings (SSSR count). The van der Waals surface area contributed by atoms with Crippen molar-refractivity contribution < 1.29 is 28.8 Å². The SMILES string of the molecule is C=CCO[C@H]1O[C@H](CO)[C@@H](OCCCC)[C@H](OCCCC)[C@H]1OCCCC. The van der Waals surface area contributed by atoms with E-state index in [-0.39, 0.29) is 18.8 Å². The molecule has 0 aromatic rings. The van der Waals surface area contributed by atoms with Gasteiger partial charge in [-0.2, -0.15) is 0 Å². The maximum absolute atomic E-state index is 9.87. The van der Waals surface area contributed by atoms with Gasteiger partial charge in [0.1, 0.15) is 24.4 Å². The maximum Gasteiger partial charge on any atom is 0.187 e. The van der Waals surface area contributed by atoms with Gasteiger partial charge in [-0.15, -0.1) is 6.58 Å². The number of hydrogen-bond donors (Lipinski definition) is 1. The molecule has 0 radical (unpaired) electrons. The average molecular weight is 389 g/mol. The smallest absolute Gasteiger partial charge is 0.187 e. The minimum absolute atomic E-state index is 0.153. The van der Waals surface area contributed by atoms with E-state index in [1.165, 1.54) is 0 Å². The summed E-state index contributed by atoms with van der Waals surface area (Å²) in [5.41, 5.74) is 0. The lowest BCUT2D eigenvalue weighted by Gasteiger charge is -2.45. The third-order valence-corrected chi connectivity index (χ3v) is 4.57. The predicted octanol–water partition coefficient (Wildman–Crippen LogP) is 3.46. The summed E-state index contributed by atoms with van der Waals surface area (Å²) in [4.78, 5) is 0. The minimum atomic E-state index is -0.616. The van der Waals surface area contributed by atoms with Crippen molar-refractivity contribution in [1.82, 2.24) is 0 Å². The Kier molecular flexibility index (Phi) is 14.0. The molecule has 1 heterocycles. The second-order valence-corrected chi connectivity index (χ2v) is 6.91. The molecule has 0 unspecified atom stereocenters. The van der Waals surface area contributed by atoms with Crippen LogP contribution in [0.2, 0.25) is 0 Å². The molecule has 0 aromatic heterocycles. The van der Waals surface area contributed by atoms with E-state index in [0.29, 0.717) is 26.4 Å². The van der Waals surface area contributed by atoms with Crippen LogP contribution in [0.5, 0.6) is 0 Å². The van der Waals surface area contributed by atoms with Crippen molar-refractivity contribution in [3.05, 3.63) is 12.7 Å². The van der Waals surface area contributed by atoms with Gasteiger partial charge in [0.25, 0.3) is 0 Å². The van der Waals surface area contributed by atoms with Crippen LogP contribution in [0.25, 0.3) is 0 Å². The summed E-state index contributed by atoms with van der Waals surface area (Å²) in [7, 11) is 0. The summed E-state index contributed by atoms with van der Waals surface area (Å²) in [6, 6.07) is 0. The monoisotopic (exact) mass is 388 g/mol. The lowest BCUT2D eigenvalue weighted by atomic mass is 9.98. The minimum Gasteiger partial charge on any atom is -0.394 e. The summed E-state index contributed by atoms with van der Waals surface area (Å²) < 4.78 is 30.3. The first kappa shape index (κ1) is 24.5. The van der Waals surface area contributed by atoms with Gasteiger partial charge in [0.2, 0.25) is 0 Å². The standard InChI is InChI=1S/C21H40O6/c1-5-9-13-23-18-17(16-22)27-21(26-12-8-4)20(25-15-11-7-3)19(18)24-14-10-6-2/h8,17-22H,4-7,9-16H2,1-3H3/t17-,18-,19+,20-,21+/m1/s1. The lowest BCUT2D eigenvalue weighted by Crippen LogP contribution is -2.62. The third-order valence-electron chi connectivity index (χ3n) is 4.57. The van der Waals surface area contributed by atoms with Crippen molar-refractivity contribution in [3.8, 4) is 0 Å². The topological polar surface area (TPSA) is 66.4 Å². The van der Waals surface area contributed by atoms with E-state index in [2.05, 4.69) is 27.4 Å². The van der Waals surface area contributed by atoms with Gasteiger partial charge >= 0.3 is 0 Å². The van der Waals surface area contributed by atoms with Crippen molar-refractivity contribution in [2.24, 2.45) is 0 Å².